The van der Waals surface area contributed by atoms with Crippen LogP contribution in [0.2, 0.25) is 10.0 Å². The molecule has 0 fully saturated rings. The molecule has 3 aromatic carbocycles. The molecule has 0 atom stereocenters. The number of cyclic esters (lactones) is 1. The van der Waals surface area contributed by atoms with Crippen molar-refractivity contribution in [3.05, 3.63) is 93.6 Å². The number of carbonyl (C=O) groups excluding carboxylic acids is 2. The summed E-state index contributed by atoms with van der Waals surface area (Å²) in [6.45, 7) is 1.28. The minimum Gasteiger partial charge on any atom is -0.457 e. The highest BCUT2D eigenvalue weighted by Crippen LogP contribution is 2.29. The van der Waals surface area contributed by atoms with E-state index in [-0.39, 0.29) is 17.3 Å². The molecule has 8 heteroatoms. The summed E-state index contributed by atoms with van der Waals surface area (Å²) < 4.78 is 16.2. The van der Waals surface area contributed by atoms with Crippen LogP contribution in [-0.2, 0) is 14.3 Å². The fourth-order valence-corrected chi connectivity index (χ4v) is 3.21. The van der Waals surface area contributed by atoms with Gasteiger partial charge in [0.1, 0.15) is 17.2 Å². The van der Waals surface area contributed by atoms with E-state index in [1.807, 2.05) is 0 Å². The van der Waals surface area contributed by atoms with E-state index in [0.717, 1.165) is 0 Å². The zero-order valence-corrected chi connectivity index (χ0v) is 18.2. The zero-order valence-electron chi connectivity index (χ0n) is 16.7. The summed E-state index contributed by atoms with van der Waals surface area (Å²) >= 11 is 12.1. The largest absolute Gasteiger partial charge is 0.457 e. The van der Waals surface area contributed by atoms with E-state index in [0.29, 0.717) is 32.7 Å². The lowest BCUT2D eigenvalue weighted by Crippen LogP contribution is -2.07. The van der Waals surface area contributed by atoms with Gasteiger partial charge in [-0.15, -0.1) is 0 Å². The molecule has 6 nitrogen and oxygen atoms in total. The molecule has 0 saturated heterocycles. The molecule has 32 heavy (non-hydrogen) atoms. The molecule has 1 aliphatic rings. The van der Waals surface area contributed by atoms with E-state index in [1.54, 1.807) is 54.6 Å². The third-order valence-electron chi connectivity index (χ3n) is 4.26. The molecule has 0 spiro atoms. The van der Waals surface area contributed by atoms with Crippen LogP contribution in [0.25, 0.3) is 6.08 Å². The second kappa shape index (κ2) is 9.26. The quantitative estimate of drug-likeness (QED) is 0.259. The molecule has 1 aliphatic heterocycles. The van der Waals surface area contributed by atoms with Crippen LogP contribution in [0, 0.1) is 0 Å². The number of hydrogen-bond acceptors (Lipinski definition) is 6. The van der Waals surface area contributed by atoms with Crippen molar-refractivity contribution in [1.29, 1.82) is 0 Å². The van der Waals surface area contributed by atoms with Crippen molar-refractivity contribution in [3.63, 3.8) is 0 Å². The lowest BCUT2D eigenvalue weighted by molar-refractivity contribution is -0.132. The fourth-order valence-electron chi connectivity index (χ4n) is 2.89. The number of carbonyl (C=O) groups is 2. The molecule has 0 amide bonds. The first kappa shape index (κ1) is 21.6. The van der Waals surface area contributed by atoms with Gasteiger partial charge in [-0.25, -0.2) is 9.79 Å². The van der Waals surface area contributed by atoms with Crippen molar-refractivity contribution < 1.29 is 23.8 Å². The number of halogens is 2. The molecule has 0 bridgehead atoms. The highest BCUT2D eigenvalue weighted by atomic mass is 35.5. The standard InChI is InChI=1S/C24H15Cl2NO5/c1-14(28)30-19-9-10-21(26)20(13-19)23-27-22(24(29)32-23)12-15-3-2-4-18(11-15)31-17-7-5-16(25)6-8-17/h2-13H,1H3/b22-12-. The van der Waals surface area contributed by atoms with Gasteiger partial charge in [0.05, 0.1) is 10.6 Å². The molecule has 0 aromatic heterocycles. The number of nitrogens with zero attached hydrogens (tertiary/aromatic N) is 1. The molecule has 3 aromatic rings. The van der Waals surface area contributed by atoms with Crippen molar-refractivity contribution in [2.45, 2.75) is 6.92 Å². The van der Waals surface area contributed by atoms with E-state index in [4.69, 9.17) is 37.4 Å². The van der Waals surface area contributed by atoms with Crippen LogP contribution >= 0.6 is 23.2 Å². The van der Waals surface area contributed by atoms with Gasteiger partial charge in [-0.3, -0.25) is 4.79 Å². The minimum atomic E-state index is -0.627. The number of rotatable bonds is 5. The van der Waals surface area contributed by atoms with Gasteiger partial charge in [-0.2, -0.15) is 0 Å². The summed E-state index contributed by atoms with van der Waals surface area (Å²) in [5, 5.41) is 0.912. The van der Waals surface area contributed by atoms with Crippen LogP contribution in [0.4, 0.5) is 0 Å². The first-order chi connectivity index (χ1) is 15.4. The average molecular weight is 468 g/mol. The van der Waals surface area contributed by atoms with Gasteiger partial charge >= 0.3 is 11.9 Å². The van der Waals surface area contributed by atoms with Crippen molar-refractivity contribution in [1.82, 2.24) is 0 Å². The normalized spacial score (nSPS) is 14.2. The summed E-state index contributed by atoms with van der Waals surface area (Å²) in [7, 11) is 0. The average Bonchev–Trinajstić information content (AvgIpc) is 3.11. The SMILES string of the molecule is CC(=O)Oc1ccc(Cl)c(C2=N/C(=C\c3cccc(Oc4ccc(Cl)cc4)c3)C(=O)O2)c1. The maximum atomic E-state index is 12.4. The Morgan fingerprint density at radius 2 is 1.72 bits per heavy atom. The number of esters is 2. The van der Waals surface area contributed by atoms with Crippen molar-refractivity contribution in [3.8, 4) is 17.2 Å². The van der Waals surface area contributed by atoms with Gasteiger partial charge in [0.15, 0.2) is 5.70 Å². The number of aliphatic imine (C=N–C) groups is 1. The van der Waals surface area contributed by atoms with Gasteiger partial charge in [-0.05, 0) is 66.2 Å². The molecule has 160 valence electrons. The topological polar surface area (TPSA) is 74.2 Å². The van der Waals surface area contributed by atoms with Gasteiger partial charge in [0, 0.05) is 11.9 Å². The lowest BCUT2D eigenvalue weighted by atomic mass is 10.2. The number of benzene rings is 3. The molecule has 4 rings (SSSR count). The maximum absolute atomic E-state index is 12.4. The minimum absolute atomic E-state index is 0.0221. The monoisotopic (exact) mass is 467 g/mol. The highest BCUT2D eigenvalue weighted by Gasteiger charge is 2.26. The van der Waals surface area contributed by atoms with Crippen molar-refractivity contribution in [2.24, 2.45) is 4.99 Å². The Morgan fingerprint density at radius 1 is 0.969 bits per heavy atom. The Bertz CT molecular complexity index is 1270. The Kier molecular flexibility index (Phi) is 6.25. The molecule has 0 aliphatic carbocycles. The number of hydrogen-bond donors (Lipinski definition) is 0. The van der Waals surface area contributed by atoms with E-state index in [9.17, 15) is 9.59 Å². The van der Waals surface area contributed by atoms with Gasteiger partial charge < -0.3 is 14.2 Å². The second-order valence-electron chi connectivity index (χ2n) is 6.70. The fraction of sp³-hybridized carbons (Fsp3) is 0.0417. The molecular weight excluding hydrogens is 453 g/mol. The van der Waals surface area contributed by atoms with E-state index >= 15 is 0 Å². The Hall–Kier alpha value is -3.61. The molecule has 0 unspecified atom stereocenters. The van der Waals surface area contributed by atoms with Crippen LogP contribution in [0.3, 0.4) is 0 Å². The summed E-state index contributed by atoms with van der Waals surface area (Å²) in [4.78, 5) is 27.8. The molecule has 0 radical (unpaired) electrons. The molecule has 0 saturated carbocycles. The highest BCUT2D eigenvalue weighted by molar-refractivity contribution is 6.34. The molecule has 1 heterocycles. The van der Waals surface area contributed by atoms with Crippen LogP contribution in [0.15, 0.2) is 77.4 Å². The molecular formula is C24H15Cl2NO5. The van der Waals surface area contributed by atoms with Crippen LogP contribution in [-0.4, -0.2) is 17.8 Å². The number of ether oxygens (including phenoxy) is 3. The smallest absolute Gasteiger partial charge is 0.363 e. The van der Waals surface area contributed by atoms with Crippen molar-refractivity contribution in [2.75, 3.05) is 0 Å². The van der Waals surface area contributed by atoms with Crippen molar-refractivity contribution >= 4 is 47.1 Å². The second-order valence-corrected chi connectivity index (χ2v) is 7.54. The Balaban J connectivity index is 1.59. The summed E-state index contributed by atoms with van der Waals surface area (Å²) in [5.74, 6) is 0.383. The predicted octanol–water partition coefficient (Wildman–Crippen LogP) is 6.06. The predicted molar refractivity (Wildman–Crippen MR) is 121 cm³/mol. The van der Waals surface area contributed by atoms with Gasteiger partial charge in [0.25, 0.3) is 0 Å². The molecule has 0 N–H and O–H groups in total. The zero-order chi connectivity index (χ0) is 22.7. The van der Waals surface area contributed by atoms with E-state index in [2.05, 4.69) is 4.99 Å². The lowest BCUT2D eigenvalue weighted by Gasteiger charge is -2.06. The third kappa shape index (κ3) is 5.17. The van der Waals surface area contributed by atoms with E-state index in [1.165, 1.54) is 25.1 Å². The van der Waals surface area contributed by atoms with Crippen LogP contribution in [0.1, 0.15) is 18.1 Å². The summed E-state index contributed by atoms with van der Waals surface area (Å²) in [6.07, 6.45) is 1.58. The van der Waals surface area contributed by atoms with Gasteiger partial charge in [-0.1, -0.05) is 35.3 Å². The third-order valence-corrected chi connectivity index (χ3v) is 4.84. The van der Waals surface area contributed by atoms with Crippen LogP contribution < -0.4 is 9.47 Å². The Labute approximate surface area is 193 Å². The van der Waals surface area contributed by atoms with E-state index < -0.39 is 11.9 Å². The summed E-state index contributed by atoms with van der Waals surface area (Å²) in [6, 6.07) is 18.7. The van der Waals surface area contributed by atoms with Gasteiger partial charge in [0.2, 0.25) is 5.90 Å². The first-order valence-corrected chi connectivity index (χ1v) is 10.2. The van der Waals surface area contributed by atoms with Crippen LogP contribution in [0.5, 0.6) is 17.2 Å². The first-order valence-electron chi connectivity index (χ1n) is 9.42. The Morgan fingerprint density at radius 3 is 2.47 bits per heavy atom. The maximum Gasteiger partial charge on any atom is 0.363 e. The summed E-state index contributed by atoms with van der Waals surface area (Å²) in [5.41, 5.74) is 1.12.